The maximum absolute atomic E-state index is 15.2. The molecule has 5 rings (SSSR count). The Morgan fingerprint density at radius 1 is 0.333 bits per heavy atom. The Labute approximate surface area is 195 Å². The monoisotopic (exact) mass is 510 g/mol. The number of hydrogen-bond acceptors (Lipinski definition) is 0. The van der Waals surface area contributed by atoms with Crippen molar-refractivity contribution < 1.29 is 43.9 Å². The summed E-state index contributed by atoms with van der Waals surface area (Å²) >= 11 is 0. The van der Waals surface area contributed by atoms with Gasteiger partial charge in [-0.15, -0.1) is 0 Å². The van der Waals surface area contributed by atoms with Crippen molar-refractivity contribution in [2.45, 2.75) is 0 Å². The molecule has 0 saturated carbocycles. The van der Waals surface area contributed by atoms with Gasteiger partial charge in [0, 0.05) is 22.6 Å². The lowest BCUT2D eigenvalue weighted by atomic mass is 9.85. The summed E-state index contributed by atoms with van der Waals surface area (Å²) in [4.78, 5) is 0. The minimum absolute atomic E-state index is 0.0574. The lowest BCUT2D eigenvalue weighted by molar-refractivity contribution is 0.381. The van der Waals surface area contributed by atoms with Crippen LogP contribution in [0, 0.1) is 58.2 Å². The summed E-state index contributed by atoms with van der Waals surface area (Å²) in [5, 5.41) is -2.01. The third-order valence-electron chi connectivity index (χ3n) is 5.82. The number of rotatable bonds is 2. The van der Waals surface area contributed by atoms with Crippen molar-refractivity contribution >= 4 is 21.5 Å². The Hall–Kier alpha value is -4.08. The first-order valence-corrected chi connectivity index (χ1v) is 10.0. The largest absolute Gasteiger partial charge is 0.206 e. The Kier molecular flexibility index (Phi) is 5.42. The Bertz CT molecular complexity index is 1680. The molecule has 0 saturated heterocycles. The second kappa shape index (κ2) is 8.25. The first-order chi connectivity index (χ1) is 17.1. The molecule has 10 heteroatoms. The normalized spacial score (nSPS) is 11.6. The summed E-state index contributed by atoms with van der Waals surface area (Å²) in [5.41, 5.74) is -4.15. The zero-order valence-electron chi connectivity index (χ0n) is 17.4. The van der Waals surface area contributed by atoms with Gasteiger partial charge in [0.25, 0.3) is 0 Å². The van der Waals surface area contributed by atoms with Crippen molar-refractivity contribution in [1.82, 2.24) is 0 Å². The molecule has 0 aromatic heterocycles. The fourth-order valence-corrected chi connectivity index (χ4v) is 4.33. The molecule has 0 N–H and O–H groups in total. The van der Waals surface area contributed by atoms with E-state index in [0.29, 0.717) is 0 Å². The van der Waals surface area contributed by atoms with Crippen LogP contribution in [0.25, 0.3) is 43.8 Å². The van der Waals surface area contributed by atoms with Gasteiger partial charge < -0.3 is 0 Å². The van der Waals surface area contributed by atoms with Crippen LogP contribution in [0.4, 0.5) is 43.9 Å². The SMILES string of the molecule is Fc1cc(F)c(F)c(-c2c3ccccc3c(-c3c(F)c(F)c(F)c(F)c3F)c3cccc(F)c23)c1F. The second-order valence-corrected chi connectivity index (χ2v) is 7.75. The molecule has 0 aliphatic heterocycles. The Balaban J connectivity index is 2.12. The van der Waals surface area contributed by atoms with E-state index in [9.17, 15) is 39.5 Å². The standard InChI is InChI=1S/C26H8F10/c27-12-7-3-6-11-15(18-22(32)24(34)26(36)25(35)23(18)33)9-4-1-2-5-10(9)17(16(11)12)19-20(30)13(28)8-14(29)21(19)31/h1-8H. The summed E-state index contributed by atoms with van der Waals surface area (Å²) in [6.07, 6.45) is 0. The molecule has 0 atom stereocenters. The van der Waals surface area contributed by atoms with Gasteiger partial charge in [-0.1, -0.05) is 36.4 Å². The van der Waals surface area contributed by atoms with Crippen LogP contribution in [0.1, 0.15) is 0 Å². The van der Waals surface area contributed by atoms with Gasteiger partial charge in [0.1, 0.15) is 5.82 Å². The summed E-state index contributed by atoms with van der Waals surface area (Å²) in [6.45, 7) is 0. The first-order valence-electron chi connectivity index (χ1n) is 10.0. The van der Waals surface area contributed by atoms with Crippen LogP contribution < -0.4 is 0 Å². The second-order valence-electron chi connectivity index (χ2n) is 7.75. The molecule has 0 aliphatic rings. The van der Waals surface area contributed by atoms with Gasteiger partial charge in [0.05, 0.1) is 11.1 Å². The number of halogens is 10. The van der Waals surface area contributed by atoms with E-state index in [0.717, 1.165) is 30.3 Å². The number of hydrogen-bond donors (Lipinski definition) is 0. The molecular formula is C26H8F10. The van der Waals surface area contributed by atoms with Crippen LogP contribution in [0.3, 0.4) is 0 Å². The molecule has 0 spiro atoms. The van der Waals surface area contributed by atoms with E-state index in [1.54, 1.807) is 0 Å². The van der Waals surface area contributed by atoms with E-state index in [2.05, 4.69) is 0 Å². The van der Waals surface area contributed by atoms with Crippen LogP contribution in [0.2, 0.25) is 0 Å². The Morgan fingerprint density at radius 3 is 1.33 bits per heavy atom. The van der Waals surface area contributed by atoms with Crippen molar-refractivity contribution in [1.29, 1.82) is 0 Å². The smallest absolute Gasteiger partial charge is 0.200 e. The van der Waals surface area contributed by atoms with Gasteiger partial charge in [-0.2, -0.15) is 0 Å². The van der Waals surface area contributed by atoms with Gasteiger partial charge in [-0.05, 0) is 22.2 Å². The van der Waals surface area contributed by atoms with Crippen LogP contribution in [0.15, 0.2) is 48.5 Å². The summed E-state index contributed by atoms with van der Waals surface area (Å²) < 4.78 is 145. The maximum Gasteiger partial charge on any atom is 0.200 e. The van der Waals surface area contributed by atoms with E-state index in [1.165, 1.54) is 12.1 Å². The molecule has 5 aromatic rings. The molecule has 0 fully saturated rings. The zero-order valence-corrected chi connectivity index (χ0v) is 17.4. The van der Waals surface area contributed by atoms with Gasteiger partial charge in [0.2, 0.25) is 5.82 Å². The van der Waals surface area contributed by atoms with Crippen LogP contribution >= 0.6 is 0 Å². The predicted octanol–water partition coefficient (Wildman–Crippen LogP) is 8.72. The van der Waals surface area contributed by atoms with Crippen LogP contribution in [0.5, 0.6) is 0 Å². The molecule has 0 amide bonds. The fourth-order valence-electron chi connectivity index (χ4n) is 4.33. The molecule has 0 heterocycles. The molecule has 0 radical (unpaired) electrons. The summed E-state index contributed by atoms with van der Waals surface area (Å²) in [6, 6.07) is 7.48. The van der Waals surface area contributed by atoms with Crippen molar-refractivity contribution in [3.63, 3.8) is 0 Å². The van der Waals surface area contributed by atoms with Crippen molar-refractivity contribution in [3.05, 3.63) is 107 Å². The molecule has 36 heavy (non-hydrogen) atoms. The maximum atomic E-state index is 15.2. The van der Waals surface area contributed by atoms with Crippen molar-refractivity contribution in [3.8, 4) is 22.3 Å². The minimum Gasteiger partial charge on any atom is -0.206 e. The highest BCUT2D eigenvalue weighted by molar-refractivity contribution is 6.21. The highest BCUT2D eigenvalue weighted by Crippen LogP contribution is 2.47. The molecule has 0 aliphatic carbocycles. The fraction of sp³-hybridized carbons (Fsp3) is 0. The molecular weight excluding hydrogens is 502 g/mol. The van der Waals surface area contributed by atoms with Crippen LogP contribution in [-0.4, -0.2) is 0 Å². The zero-order chi connectivity index (χ0) is 26.0. The van der Waals surface area contributed by atoms with E-state index in [-0.39, 0.29) is 16.8 Å². The summed E-state index contributed by atoms with van der Waals surface area (Å²) in [5.74, 6) is -20.1. The number of benzene rings is 5. The predicted molar refractivity (Wildman–Crippen MR) is 112 cm³/mol. The average Bonchev–Trinajstić information content (AvgIpc) is 2.86. The molecule has 182 valence electrons. The van der Waals surface area contributed by atoms with Gasteiger partial charge in [0.15, 0.2) is 46.5 Å². The Morgan fingerprint density at radius 2 is 0.778 bits per heavy atom. The van der Waals surface area contributed by atoms with Crippen molar-refractivity contribution in [2.24, 2.45) is 0 Å². The van der Waals surface area contributed by atoms with E-state index < -0.39 is 91.2 Å². The molecule has 0 nitrogen and oxygen atoms in total. The number of fused-ring (bicyclic) bond motifs is 2. The van der Waals surface area contributed by atoms with Gasteiger partial charge >= 0.3 is 0 Å². The lowest BCUT2D eigenvalue weighted by Gasteiger charge is -2.20. The van der Waals surface area contributed by atoms with E-state index in [4.69, 9.17) is 0 Å². The average molecular weight is 510 g/mol. The van der Waals surface area contributed by atoms with Crippen LogP contribution in [-0.2, 0) is 0 Å². The summed E-state index contributed by atoms with van der Waals surface area (Å²) in [7, 11) is 0. The van der Waals surface area contributed by atoms with Gasteiger partial charge in [-0.3, -0.25) is 0 Å². The topological polar surface area (TPSA) is 0 Å². The quantitative estimate of drug-likeness (QED) is 0.0965. The van der Waals surface area contributed by atoms with Crippen molar-refractivity contribution in [2.75, 3.05) is 0 Å². The lowest BCUT2D eigenvalue weighted by Crippen LogP contribution is -2.06. The first kappa shape index (κ1) is 23.7. The van der Waals surface area contributed by atoms with E-state index in [1.807, 2.05) is 0 Å². The van der Waals surface area contributed by atoms with E-state index >= 15 is 4.39 Å². The molecule has 0 bridgehead atoms. The highest BCUT2D eigenvalue weighted by Gasteiger charge is 2.32. The minimum atomic E-state index is -2.43. The third-order valence-corrected chi connectivity index (χ3v) is 5.82. The highest BCUT2D eigenvalue weighted by atomic mass is 19.2. The molecule has 0 unspecified atom stereocenters. The third kappa shape index (κ3) is 3.16. The molecule has 5 aromatic carbocycles. The van der Waals surface area contributed by atoms with Gasteiger partial charge in [-0.25, -0.2) is 43.9 Å².